The Morgan fingerprint density at radius 2 is 1.69 bits per heavy atom. The minimum absolute atomic E-state index is 0.143. The maximum Gasteiger partial charge on any atom is 0.140 e. The minimum atomic E-state index is -0.522. The lowest BCUT2D eigenvalue weighted by atomic mass is 9.77. The van der Waals surface area contributed by atoms with Crippen molar-refractivity contribution in [3.8, 4) is 0 Å². The zero-order valence-electron chi connectivity index (χ0n) is 11.8. The van der Waals surface area contributed by atoms with Crippen molar-refractivity contribution >= 4 is 5.78 Å². The van der Waals surface area contributed by atoms with E-state index in [2.05, 4.69) is 6.92 Å². The van der Waals surface area contributed by atoms with E-state index >= 15 is 0 Å². The monoisotopic (exact) mass is 228 g/mol. The van der Waals surface area contributed by atoms with E-state index in [-0.39, 0.29) is 23.0 Å². The van der Waals surface area contributed by atoms with Crippen molar-refractivity contribution in [1.82, 2.24) is 0 Å². The molecule has 0 saturated carbocycles. The maximum absolute atomic E-state index is 11.8. The van der Waals surface area contributed by atoms with Crippen molar-refractivity contribution in [1.29, 1.82) is 0 Å². The molecule has 1 N–H and O–H groups in total. The number of Topliss-reactive ketones (excluding diaryl/α,β-unsaturated/α-hetero) is 1. The number of rotatable bonds is 6. The van der Waals surface area contributed by atoms with Gasteiger partial charge in [-0.25, -0.2) is 0 Å². The quantitative estimate of drug-likeness (QED) is 0.754. The summed E-state index contributed by atoms with van der Waals surface area (Å²) in [5.41, 5.74) is -0.501. The Balaban J connectivity index is 4.34. The van der Waals surface area contributed by atoms with E-state index in [9.17, 15) is 9.90 Å². The lowest BCUT2D eigenvalue weighted by Crippen LogP contribution is -2.34. The lowest BCUT2D eigenvalue weighted by molar-refractivity contribution is -0.130. The van der Waals surface area contributed by atoms with Crippen LogP contribution in [0.15, 0.2) is 0 Å². The van der Waals surface area contributed by atoms with Gasteiger partial charge in [-0.15, -0.1) is 0 Å². The molecule has 2 nitrogen and oxygen atoms in total. The van der Waals surface area contributed by atoms with Gasteiger partial charge in [0.25, 0.3) is 0 Å². The molecule has 1 atom stereocenters. The first kappa shape index (κ1) is 15.6. The van der Waals surface area contributed by atoms with Gasteiger partial charge in [0.2, 0.25) is 0 Å². The maximum atomic E-state index is 11.8. The molecule has 0 bridgehead atoms. The molecule has 0 aromatic heterocycles. The topological polar surface area (TPSA) is 37.3 Å². The van der Waals surface area contributed by atoms with Crippen LogP contribution in [0.25, 0.3) is 0 Å². The molecule has 0 aliphatic heterocycles. The van der Waals surface area contributed by atoms with Crippen LogP contribution in [0.4, 0.5) is 0 Å². The molecule has 0 fully saturated rings. The highest BCUT2D eigenvalue weighted by Gasteiger charge is 2.32. The summed E-state index contributed by atoms with van der Waals surface area (Å²) in [4.78, 5) is 11.8. The number of carbonyl (C=O) groups excluding carboxylic acids is 1. The zero-order chi connectivity index (χ0) is 13.0. The fourth-order valence-corrected chi connectivity index (χ4v) is 1.56. The predicted octanol–water partition coefficient (Wildman–Crippen LogP) is 3.57. The molecule has 0 heterocycles. The molecule has 0 rings (SSSR count). The van der Waals surface area contributed by atoms with Crippen LogP contribution in [0.2, 0.25) is 0 Å². The van der Waals surface area contributed by atoms with E-state index in [1.165, 1.54) is 0 Å². The third-order valence-electron chi connectivity index (χ3n) is 3.29. The van der Waals surface area contributed by atoms with Gasteiger partial charge in [-0.3, -0.25) is 4.79 Å². The number of hydrogen-bond donors (Lipinski definition) is 1. The number of ketones is 1. The molecular weight excluding hydrogens is 200 g/mol. The van der Waals surface area contributed by atoms with Crippen molar-refractivity contribution in [3.05, 3.63) is 0 Å². The number of aliphatic hydroxyl groups excluding tert-OH is 1. The summed E-state index contributed by atoms with van der Waals surface area (Å²) in [6, 6.07) is 0. The van der Waals surface area contributed by atoms with E-state index < -0.39 is 6.10 Å². The Bertz CT molecular complexity index is 223. The van der Waals surface area contributed by atoms with Crippen LogP contribution in [0.5, 0.6) is 0 Å². The Morgan fingerprint density at radius 1 is 1.19 bits per heavy atom. The van der Waals surface area contributed by atoms with Gasteiger partial charge in [0, 0.05) is 11.8 Å². The molecule has 1 unspecified atom stereocenters. The first-order chi connectivity index (χ1) is 7.11. The van der Waals surface area contributed by atoms with Crippen LogP contribution in [0.1, 0.15) is 67.2 Å². The standard InChI is InChI=1S/C14H28O2/c1-7-8-9-14(5,6)12(16)10-11(15)13(2,3)4/h12,16H,7-10H2,1-6H3. The predicted molar refractivity (Wildman–Crippen MR) is 68.4 cm³/mol. The molecule has 0 spiro atoms. The summed E-state index contributed by atoms with van der Waals surface area (Å²) in [6.07, 6.45) is 2.96. The Hall–Kier alpha value is -0.370. The second-order valence-corrected chi connectivity index (χ2v) is 6.49. The third kappa shape index (κ3) is 5.11. The zero-order valence-corrected chi connectivity index (χ0v) is 11.8. The summed E-state index contributed by atoms with van der Waals surface area (Å²) < 4.78 is 0. The summed E-state index contributed by atoms with van der Waals surface area (Å²) >= 11 is 0. The van der Waals surface area contributed by atoms with Gasteiger partial charge in [0.1, 0.15) is 5.78 Å². The SMILES string of the molecule is CCCCC(C)(C)C(O)CC(=O)C(C)(C)C. The molecule has 16 heavy (non-hydrogen) atoms. The summed E-state index contributed by atoms with van der Waals surface area (Å²) in [5, 5.41) is 10.1. The fraction of sp³-hybridized carbons (Fsp3) is 0.929. The average molecular weight is 228 g/mol. The molecule has 0 amide bonds. The van der Waals surface area contributed by atoms with E-state index in [0.717, 1.165) is 19.3 Å². The highest BCUT2D eigenvalue weighted by atomic mass is 16.3. The van der Waals surface area contributed by atoms with Crippen molar-refractivity contribution < 1.29 is 9.90 Å². The third-order valence-corrected chi connectivity index (χ3v) is 3.29. The second kappa shape index (κ2) is 5.81. The second-order valence-electron chi connectivity index (χ2n) is 6.49. The van der Waals surface area contributed by atoms with E-state index in [1.54, 1.807) is 0 Å². The highest BCUT2D eigenvalue weighted by Crippen LogP contribution is 2.31. The number of aliphatic hydroxyl groups is 1. The molecule has 2 heteroatoms. The van der Waals surface area contributed by atoms with Crippen LogP contribution in [-0.2, 0) is 4.79 Å². The van der Waals surface area contributed by atoms with Crippen LogP contribution < -0.4 is 0 Å². The summed E-state index contributed by atoms with van der Waals surface area (Å²) in [5.74, 6) is 0.143. The van der Waals surface area contributed by atoms with Crippen LogP contribution in [0.3, 0.4) is 0 Å². The first-order valence-corrected chi connectivity index (χ1v) is 6.32. The summed E-state index contributed by atoms with van der Waals surface area (Å²) in [6.45, 7) is 11.9. The van der Waals surface area contributed by atoms with Gasteiger partial charge >= 0.3 is 0 Å². The van der Waals surface area contributed by atoms with Gasteiger partial charge in [0.15, 0.2) is 0 Å². The Kier molecular flexibility index (Phi) is 5.67. The first-order valence-electron chi connectivity index (χ1n) is 6.32. The molecule has 0 aliphatic carbocycles. The number of hydrogen-bond acceptors (Lipinski definition) is 2. The van der Waals surface area contributed by atoms with Gasteiger partial charge in [-0.2, -0.15) is 0 Å². The Morgan fingerprint density at radius 3 is 2.06 bits per heavy atom. The van der Waals surface area contributed by atoms with Crippen molar-refractivity contribution in [2.45, 2.75) is 73.3 Å². The molecule has 96 valence electrons. The largest absolute Gasteiger partial charge is 0.392 e. The highest BCUT2D eigenvalue weighted by molar-refractivity contribution is 5.84. The minimum Gasteiger partial charge on any atom is -0.392 e. The van der Waals surface area contributed by atoms with Gasteiger partial charge < -0.3 is 5.11 Å². The van der Waals surface area contributed by atoms with E-state index in [1.807, 2.05) is 34.6 Å². The normalized spacial score (nSPS) is 14.9. The molecule has 0 saturated heterocycles. The smallest absolute Gasteiger partial charge is 0.140 e. The molecule has 0 radical (unpaired) electrons. The van der Waals surface area contributed by atoms with Crippen LogP contribution in [-0.4, -0.2) is 17.0 Å². The number of carbonyl (C=O) groups is 1. The van der Waals surface area contributed by atoms with Crippen molar-refractivity contribution in [2.75, 3.05) is 0 Å². The molecule has 0 aromatic carbocycles. The molecule has 0 aliphatic rings. The van der Waals surface area contributed by atoms with Gasteiger partial charge in [0.05, 0.1) is 6.10 Å². The molecule has 0 aromatic rings. The lowest BCUT2D eigenvalue weighted by Gasteiger charge is -2.31. The van der Waals surface area contributed by atoms with E-state index in [0.29, 0.717) is 0 Å². The van der Waals surface area contributed by atoms with Gasteiger partial charge in [-0.05, 0) is 11.8 Å². The van der Waals surface area contributed by atoms with Crippen molar-refractivity contribution in [2.24, 2.45) is 10.8 Å². The Labute approximate surface area is 100 Å². The average Bonchev–Trinajstić information content (AvgIpc) is 2.13. The number of unbranched alkanes of at least 4 members (excludes halogenated alkanes) is 1. The van der Waals surface area contributed by atoms with Gasteiger partial charge in [-0.1, -0.05) is 54.4 Å². The summed E-state index contributed by atoms with van der Waals surface area (Å²) in [7, 11) is 0. The van der Waals surface area contributed by atoms with E-state index in [4.69, 9.17) is 0 Å². The van der Waals surface area contributed by atoms with Crippen molar-refractivity contribution in [3.63, 3.8) is 0 Å². The van der Waals surface area contributed by atoms with Crippen LogP contribution in [0, 0.1) is 10.8 Å². The fourth-order valence-electron chi connectivity index (χ4n) is 1.56. The van der Waals surface area contributed by atoms with Crippen LogP contribution >= 0.6 is 0 Å². The molecular formula is C14H28O2.